The predicted molar refractivity (Wildman–Crippen MR) is 123 cm³/mol. The van der Waals surface area contributed by atoms with Crippen LogP contribution >= 0.6 is 33.2 Å². The van der Waals surface area contributed by atoms with Crippen LogP contribution in [0.1, 0.15) is 6.92 Å². The largest absolute Gasteiger partial charge is 0.460 e. The number of hydrogen-bond acceptors (Lipinski definition) is 0. The lowest BCUT2D eigenvalue weighted by molar-refractivity contribution is -0.493. The zero-order valence-corrected chi connectivity index (χ0v) is 29.5. The van der Waals surface area contributed by atoms with Crippen LogP contribution in [0.15, 0.2) is 0 Å². The van der Waals surface area contributed by atoms with Crippen molar-refractivity contribution >= 4 is 39.2 Å². The summed E-state index contributed by atoms with van der Waals surface area (Å²) in [4.78, 5) is 0. The second kappa shape index (κ2) is 14.5. The first kappa shape index (κ1) is 59.5. The van der Waals surface area contributed by atoms with Crippen molar-refractivity contribution < 1.29 is 162 Å². The molecule has 0 aliphatic heterocycles. The van der Waals surface area contributed by atoms with Crippen molar-refractivity contribution in [3.8, 4) is 0 Å². The van der Waals surface area contributed by atoms with Crippen molar-refractivity contribution in [3.05, 3.63) is 0 Å². The summed E-state index contributed by atoms with van der Waals surface area (Å²) >= 11 is 14.1. The molecule has 41 heteroatoms. The van der Waals surface area contributed by atoms with Crippen LogP contribution in [0.25, 0.3) is 0 Å². The Bertz CT molecular complexity index is 1600. The number of hydrogen-bond donors (Lipinski definition) is 0. The average Bonchev–Trinajstić information content (AvgIpc) is 3.01. The molecule has 0 aliphatic rings. The molecule has 1 unspecified atom stereocenters. The molecule has 0 radical (unpaired) electrons. The Morgan fingerprint density at radius 3 is 0.459 bits per heavy atom. The first-order chi connectivity index (χ1) is 25.4. The number of alkyl halides is 37. The Balaban J connectivity index is 7.92. The van der Waals surface area contributed by atoms with E-state index in [4.69, 9.17) is 33.2 Å². The number of rotatable bonds is 18. The van der Waals surface area contributed by atoms with E-state index in [-0.39, 0.29) is 0 Å². The van der Waals surface area contributed by atoms with E-state index in [0.29, 0.717) is 0 Å². The predicted octanol–water partition coefficient (Wildman–Crippen LogP) is 14.4. The van der Waals surface area contributed by atoms with Gasteiger partial charge < -0.3 is 0 Å². The molecule has 0 N–H and O–H groups in total. The molecule has 0 fully saturated rings. The van der Waals surface area contributed by atoms with Gasteiger partial charge in [-0.3, -0.25) is 0 Å². The molecule has 0 bridgehead atoms. The van der Waals surface area contributed by atoms with Crippen LogP contribution in [-0.4, -0.2) is 113 Å². The first-order valence-electron chi connectivity index (χ1n) is 13.0. The standard InChI is InChI=1S/C20H4Cl3F37Si/c1-2(61(21,22)23)3(24,25)4(26,27)5(28,29)6(30,31)7(32,33)8(34,35)9(36,37)10(38,39)11(40,41)12(42,43)13(44,45)14(46,47)15(48,49)16(50,51)17(52,53)18(54,55)19(56,57)20(58,59)60/h2H,1H3. The molecule has 0 aromatic carbocycles. The summed E-state index contributed by atoms with van der Waals surface area (Å²) in [5.41, 5.74) is -4.18. The van der Waals surface area contributed by atoms with Gasteiger partial charge in [0.1, 0.15) is 0 Å². The van der Waals surface area contributed by atoms with Gasteiger partial charge in [0.2, 0.25) is 0 Å². The Labute approximate surface area is 321 Å². The maximum atomic E-state index is 14.0. The molecule has 0 aromatic rings. The van der Waals surface area contributed by atoms with Gasteiger partial charge in [-0.15, -0.1) is 33.2 Å². The Kier molecular flexibility index (Phi) is 14.1. The number of halogens is 40. The molecular formula is C20H4Cl3F37Si. The molecule has 61 heavy (non-hydrogen) atoms. The van der Waals surface area contributed by atoms with Gasteiger partial charge in [0, 0.05) is 0 Å². The fourth-order valence-corrected chi connectivity index (χ4v) is 5.45. The molecule has 0 aliphatic carbocycles. The smallest absolute Gasteiger partial charge is 0.200 e. The van der Waals surface area contributed by atoms with Crippen molar-refractivity contribution in [2.75, 3.05) is 0 Å². The molecule has 0 saturated heterocycles. The molecule has 0 nitrogen and oxygen atoms in total. The van der Waals surface area contributed by atoms with Gasteiger partial charge >= 0.3 is 113 Å². The Morgan fingerprint density at radius 2 is 0.344 bits per heavy atom. The third kappa shape index (κ3) is 6.98. The highest BCUT2D eigenvalue weighted by molar-refractivity contribution is 7.65. The van der Waals surface area contributed by atoms with E-state index in [1.54, 1.807) is 0 Å². The van der Waals surface area contributed by atoms with Crippen LogP contribution in [-0.2, 0) is 0 Å². The fourth-order valence-electron chi connectivity index (χ4n) is 3.63. The highest BCUT2D eigenvalue weighted by atomic mass is 35.8. The SMILES string of the molecule is CC(C(F)(F)C(F)(F)C(F)(F)C(F)(F)C(F)(F)C(F)(F)C(F)(F)C(F)(F)C(F)(F)C(F)(F)C(F)(F)C(F)(F)C(F)(F)C(F)(F)C(F)(F)C(F)(F)C(F)(F)C(F)(F)F)[Si](Cl)(Cl)Cl. The monoisotopic (exact) mass is 1080 g/mol. The quantitative estimate of drug-likeness (QED) is 0.0729. The van der Waals surface area contributed by atoms with Gasteiger partial charge in [-0.2, -0.15) is 162 Å². The second-order valence-corrected chi connectivity index (χ2v) is 20.6. The van der Waals surface area contributed by atoms with Crippen molar-refractivity contribution in [1.29, 1.82) is 0 Å². The lowest BCUT2D eigenvalue weighted by atomic mass is 9.82. The summed E-state index contributed by atoms with van der Waals surface area (Å²) in [5.74, 6) is -166. The van der Waals surface area contributed by atoms with E-state index in [9.17, 15) is 162 Å². The maximum absolute atomic E-state index is 14.0. The highest BCUT2D eigenvalue weighted by Crippen LogP contribution is 2.71. The lowest BCUT2D eigenvalue weighted by Crippen LogP contribution is -2.80. The second-order valence-electron chi connectivity index (χ2n) is 11.6. The van der Waals surface area contributed by atoms with Crippen LogP contribution in [0.5, 0.6) is 0 Å². The van der Waals surface area contributed by atoms with Crippen LogP contribution in [0, 0.1) is 0 Å². The van der Waals surface area contributed by atoms with Crippen LogP contribution in [0.2, 0.25) is 5.54 Å². The summed E-state index contributed by atoms with van der Waals surface area (Å²) in [5, 5.41) is 0. The molecule has 1 atom stereocenters. The van der Waals surface area contributed by atoms with Crippen LogP contribution < -0.4 is 0 Å². The molecule has 0 aromatic heterocycles. The van der Waals surface area contributed by atoms with E-state index in [1.165, 1.54) is 0 Å². The van der Waals surface area contributed by atoms with Gasteiger partial charge in [-0.05, 0) is 0 Å². The van der Waals surface area contributed by atoms with Gasteiger partial charge in [0.15, 0.2) is 0 Å². The third-order valence-electron chi connectivity index (χ3n) is 7.72. The molecule has 368 valence electrons. The fraction of sp³-hybridized carbons (Fsp3) is 1.00. The van der Waals surface area contributed by atoms with Crippen LogP contribution in [0.4, 0.5) is 162 Å². The molecule has 0 saturated carbocycles. The van der Waals surface area contributed by atoms with Gasteiger partial charge in [0.25, 0.3) is 0 Å². The Hall–Kier alpha value is -1.50. The van der Waals surface area contributed by atoms with E-state index in [1.807, 2.05) is 0 Å². The van der Waals surface area contributed by atoms with Crippen LogP contribution in [0.3, 0.4) is 0 Å². The molecule has 0 amide bonds. The highest BCUT2D eigenvalue weighted by Gasteiger charge is 3.02. The van der Waals surface area contributed by atoms with Gasteiger partial charge in [-0.25, -0.2) is 0 Å². The normalized spacial score (nSPS) is 17.9. The van der Waals surface area contributed by atoms with E-state index in [0.717, 1.165) is 0 Å². The minimum absolute atomic E-state index is 0.686. The molecule has 0 spiro atoms. The zero-order valence-electron chi connectivity index (χ0n) is 26.2. The minimum Gasteiger partial charge on any atom is -0.200 e. The summed E-state index contributed by atoms with van der Waals surface area (Å²) in [7, 11) is 0. The molecular weight excluding hydrogens is 1080 g/mol. The van der Waals surface area contributed by atoms with Gasteiger partial charge in [0.05, 0.1) is 5.54 Å². The molecule has 0 rings (SSSR count). The maximum Gasteiger partial charge on any atom is 0.460 e. The Morgan fingerprint density at radius 1 is 0.230 bits per heavy atom. The molecule has 0 heterocycles. The van der Waals surface area contributed by atoms with E-state index >= 15 is 0 Å². The van der Waals surface area contributed by atoms with E-state index < -0.39 is 125 Å². The minimum atomic E-state index is -10.5. The van der Waals surface area contributed by atoms with Crippen molar-refractivity contribution in [1.82, 2.24) is 0 Å². The summed E-state index contributed by atoms with van der Waals surface area (Å²) in [6.07, 6.45) is -8.47. The lowest BCUT2D eigenvalue weighted by Gasteiger charge is -2.47. The van der Waals surface area contributed by atoms with Crippen molar-refractivity contribution in [3.63, 3.8) is 0 Å². The van der Waals surface area contributed by atoms with E-state index in [2.05, 4.69) is 0 Å². The zero-order chi connectivity index (χ0) is 51.1. The topological polar surface area (TPSA) is 0 Å². The average molecular weight is 1080 g/mol. The summed E-state index contributed by atoms with van der Waals surface area (Å²) in [6.45, 7) is -0.686. The third-order valence-corrected chi connectivity index (χ3v) is 12.0. The van der Waals surface area contributed by atoms with Gasteiger partial charge in [-0.1, -0.05) is 6.92 Å². The van der Waals surface area contributed by atoms with Crippen molar-refractivity contribution in [2.45, 2.75) is 119 Å². The summed E-state index contributed by atoms with van der Waals surface area (Å²) in [6, 6.07) is -5.85. The summed E-state index contributed by atoms with van der Waals surface area (Å²) < 4.78 is 506. The van der Waals surface area contributed by atoms with Crippen molar-refractivity contribution in [2.24, 2.45) is 0 Å². The first-order valence-corrected chi connectivity index (χ1v) is 18.1.